The molecule has 0 saturated carbocycles. The van der Waals surface area contributed by atoms with Crippen LogP contribution in [-0.2, 0) is 6.42 Å². The van der Waals surface area contributed by atoms with Crippen molar-refractivity contribution < 1.29 is 0 Å². The largest absolute Gasteiger partial charge is 0.312 e. The lowest BCUT2D eigenvalue weighted by Crippen LogP contribution is -2.17. The molecule has 4 heteroatoms. The van der Waals surface area contributed by atoms with Gasteiger partial charge in [-0.1, -0.05) is 23.7 Å². The van der Waals surface area contributed by atoms with Gasteiger partial charge in [0.25, 0.3) is 0 Å². The summed E-state index contributed by atoms with van der Waals surface area (Å²) >= 11 is 11.3. The molecule has 96 valence electrons. The molecule has 0 aliphatic heterocycles. The van der Waals surface area contributed by atoms with Crippen LogP contribution in [0.3, 0.4) is 0 Å². The lowest BCUT2D eigenvalue weighted by molar-refractivity contribution is 0.602. The fourth-order valence-corrected chi connectivity index (χ4v) is 3.65. The lowest BCUT2D eigenvalue weighted by atomic mass is 10.1. The van der Waals surface area contributed by atoms with Gasteiger partial charge >= 0.3 is 0 Å². The highest BCUT2D eigenvalue weighted by Gasteiger charge is 2.14. The predicted molar refractivity (Wildman–Crippen MR) is 83.7 cm³/mol. The van der Waals surface area contributed by atoms with Gasteiger partial charge in [-0.05, 0) is 60.1 Å². The number of nitrogens with one attached hydrogen (secondary N) is 1. The Labute approximate surface area is 125 Å². The first-order valence-electron chi connectivity index (χ1n) is 5.77. The zero-order valence-corrected chi connectivity index (χ0v) is 13.5. The van der Waals surface area contributed by atoms with Crippen LogP contribution < -0.4 is 5.32 Å². The Hall–Kier alpha value is -0.350. The van der Waals surface area contributed by atoms with E-state index >= 15 is 0 Å². The Bertz CT molecular complexity index is 502. The van der Waals surface area contributed by atoms with Crippen LogP contribution in [0.15, 0.2) is 34.8 Å². The molecule has 0 radical (unpaired) electrons. The lowest BCUT2D eigenvalue weighted by Gasteiger charge is -2.14. The van der Waals surface area contributed by atoms with Gasteiger partial charge in [0.15, 0.2) is 0 Å². The highest BCUT2D eigenvalue weighted by molar-refractivity contribution is 9.10. The molecule has 0 bridgehead atoms. The van der Waals surface area contributed by atoms with E-state index in [4.69, 9.17) is 11.6 Å². The molecule has 1 heterocycles. The zero-order chi connectivity index (χ0) is 13.1. The van der Waals surface area contributed by atoms with Crippen LogP contribution in [0.2, 0.25) is 5.02 Å². The third-order valence-electron chi connectivity index (χ3n) is 2.92. The summed E-state index contributed by atoms with van der Waals surface area (Å²) in [5.41, 5.74) is 1.29. The van der Waals surface area contributed by atoms with Gasteiger partial charge in [0.2, 0.25) is 0 Å². The monoisotopic (exact) mass is 343 g/mol. The van der Waals surface area contributed by atoms with E-state index in [1.807, 2.05) is 30.5 Å². The summed E-state index contributed by atoms with van der Waals surface area (Å²) in [7, 11) is 2.00. The Morgan fingerprint density at radius 2 is 2.00 bits per heavy atom. The molecule has 0 spiro atoms. The molecular formula is C14H15BrClNS. The molecule has 1 N–H and O–H groups in total. The van der Waals surface area contributed by atoms with E-state index in [-0.39, 0.29) is 0 Å². The molecule has 18 heavy (non-hydrogen) atoms. The van der Waals surface area contributed by atoms with Crippen molar-refractivity contribution in [3.8, 4) is 0 Å². The smallest absolute Gasteiger partial charge is 0.0453 e. The van der Waals surface area contributed by atoms with Crippen LogP contribution in [0.1, 0.15) is 21.4 Å². The van der Waals surface area contributed by atoms with E-state index in [1.54, 1.807) is 0 Å². The van der Waals surface area contributed by atoms with E-state index in [0.717, 1.165) is 11.4 Å². The highest BCUT2D eigenvalue weighted by atomic mass is 79.9. The highest BCUT2D eigenvalue weighted by Crippen LogP contribution is 2.32. The number of thiophene rings is 1. The summed E-state index contributed by atoms with van der Waals surface area (Å²) in [6.45, 7) is 2.13. The SMILES string of the molecule is CNC(Cc1ccc(Cl)cc1)c1cc(Br)c(C)s1. The third kappa shape index (κ3) is 3.35. The molecule has 0 fully saturated rings. The average Bonchev–Trinajstić information content (AvgIpc) is 2.69. The van der Waals surface area contributed by atoms with E-state index in [1.165, 1.54) is 19.8 Å². The van der Waals surface area contributed by atoms with E-state index in [9.17, 15) is 0 Å². The second kappa shape index (κ2) is 6.20. The Kier molecular flexibility index (Phi) is 4.84. The number of hydrogen-bond donors (Lipinski definition) is 1. The minimum atomic E-state index is 0.348. The van der Waals surface area contributed by atoms with Gasteiger partial charge in [0, 0.05) is 25.3 Å². The van der Waals surface area contributed by atoms with Crippen LogP contribution >= 0.6 is 38.9 Å². The van der Waals surface area contributed by atoms with Crippen molar-refractivity contribution in [3.63, 3.8) is 0 Å². The summed E-state index contributed by atoms with van der Waals surface area (Å²) in [5.74, 6) is 0. The third-order valence-corrected chi connectivity index (χ3v) is 5.42. The molecule has 2 aromatic rings. The number of hydrogen-bond acceptors (Lipinski definition) is 2. The number of rotatable bonds is 4. The molecule has 2 rings (SSSR count). The summed E-state index contributed by atoms with van der Waals surface area (Å²) in [6, 6.07) is 10.6. The first-order valence-corrected chi connectivity index (χ1v) is 7.76. The summed E-state index contributed by atoms with van der Waals surface area (Å²) < 4.78 is 1.19. The van der Waals surface area contributed by atoms with Gasteiger partial charge in [-0.25, -0.2) is 0 Å². The van der Waals surface area contributed by atoms with Gasteiger partial charge < -0.3 is 5.32 Å². The number of benzene rings is 1. The van der Waals surface area contributed by atoms with Crippen molar-refractivity contribution in [1.82, 2.24) is 5.32 Å². The van der Waals surface area contributed by atoms with Crippen molar-refractivity contribution in [3.05, 3.63) is 55.1 Å². The number of likely N-dealkylation sites (N-methyl/N-ethyl adjacent to an activating group) is 1. The van der Waals surface area contributed by atoms with Crippen molar-refractivity contribution in [2.75, 3.05) is 7.05 Å². The average molecular weight is 345 g/mol. The Morgan fingerprint density at radius 1 is 1.33 bits per heavy atom. The first-order chi connectivity index (χ1) is 8.60. The minimum absolute atomic E-state index is 0.348. The van der Waals surface area contributed by atoms with Crippen molar-refractivity contribution in [2.24, 2.45) is 0 Å². The summed E-state index contributed by atoms with van der Waals surface area (Å²) in [5, 5.41) is 4.17. The number of halogens is 2. The fraction of sp³-hybridized carbons (Fsp3) is 0.286. The molecule has 1 aromatic heterocycles. The maximum Gasteiger partial charge on any atom is 0.0453 e. The molecular weight excluding hydrogens is 330 g/mol. The van der Waals surface area contributed by atoms with Gasteiger partial charge in [-0.3, -0.25) is 0 Å². The second-order valence-corrected chi connectivity index (χ2v) is 6.80. The van der Waals surface area contributed by atoms with Gasteiger partial charge in [-0.2, -0.15) is 0 Å². The maximum absolute atomic E-state index is 5.90. The zero-order valence-electron chi connectivity index (χ0n) is 10.3. The van der Waals surface area contributed by atoms with Crippen LogP contribution in [-0.4, -0.2) is 7.05 Å². The molecule has 1 nitrogen and oxygen atoms in total. The van der Waals surface area contributed by atoms with Crippen LogP contribution in [0.25, 0.3) is 0 Å². The second-order valence-electron chi connectivity index (χ2n) is 4.22. The van der Waals surface area contributed by atoms with E-state index in [0.29, 0.717) is 6.04 Å². The maximum atomic E-state index is 5.90. The van der Waals surface area contributed by atoms with Crippen molar-refractivity contribution >= 4 is 38.9 Å². The molecule has 0 aliphatic carbocycles. The Balaban J connectivity index is 2.16. The molecule has 0 aliphatic rings. The molecule has 1 atom stereocenters. The molecule has 0 saturated heterocycles. The quantitative estimate of drug-likeness (QED) is 0.825. The predicted octanol–water partition coefficient (Wildman–Crippen LogP) is 4.98. The molecule has 1 aromatic carbocycles. The van der Waals surface area contributed by atoms with Crippen LogP contribution in [0.5, 0.6) is 0 Å². The number of aryl methyl sites for hydroxylation is 1. The van der Waals surface area contributed by atoms with Crippen molar-refractivity contribution in [2.45, 2.75) is 19.4 Å². The Morgan fingerprint density at radius 3 is 2.50 bits per heavy atom. The van der Waals surface area contributed by atoms with Crippen molar-refractivity contribution in [1.29, 1.82) is 0 Å². The van der Waals surface area contributed by atoms with Crippen LogP contribution in [0.4, 0.5) is 0 Å². The molecule has 1 unspecified atom stereocenters. The summed E-state index contributed by atoms with van der Waals surface area (Å²) in [4.78, 5) is 2.68. The molecule has 0 amide bonds. The fourth-order valence-electron chi connectivity index (χ4n) is 1.85. The minimum Gasteiger partial charge on any atom is -0.312 e. The van der Waals surface area contributed by atoms with Gasteiger partial charge in [0.1, 0.15) is 0 Å². The normalized spacial score (nSPS) is 12.7. The topological polar surface area (TPSA) is 12.0 Å². The van der Waals surface area contributed by atoms with Crippen LogP contribution in [0, 0.1) is 6.92 Å². The summed E-state index contributed by atoms with van der Waals surface area (Å²) in [6.07, 6.45) is 0.972. The van der Waals surface area contributed by atoms with Gasteiger partial charge in [0.05, 0.1) is 0 Å². The van der Waals surface area contributed by atoms with Gasteiger partial charge in [-0.15, -0.1) is 11.3 Å². The van der Waals surface area contributed by atoms with E-state index in [2.05, 4.69) is 46.4 Å². The van der Waals surface area contributed by atoms with E-state index < -0.39 is 0 Å². The first kappa shape index (κ1) is 14.1. The standard InChI is InChI=1S/C14H15BrClNS/c1-9-12(15)8-14(18-9)13(17-2)7-10-3-5-11(16)6-4-10/h3-6,8,13,17H,7H2,1-2H3.